The molecule has 0 aromatic carbocycles. The molecular formula is C14H27O6PS2. The van der Waals surface area contributed by atoms with Gasteiger partial charge < -0.3 is 15.1 Å². The molecule has 9 heteroatoms. The Hall–Kier alpha value is 0.210. The van der Waals surface area contributed by atoms with Gasteiger partial charge >= 0.3 is 7.82 Å². The van der Waals surface area contributed by atoms with Gasteiger partial charge in [0.1, 0.15) is 0 Å². The maximum Gasteiger partial charge on any atom is 0.472 e. The van der Waals surface area contributed by atoms with Crippen LogP contribution < -0.4 is 0 Å². The molecule has 0 spiro atoms. The van der Waals surface area contributed by atoms with Crippen molar-refractivity contribution in [3.8, 4) is 0 Å². The highest BCUT2D eigenvalue weighted by Crippen LogP contribution is 2.43. The summed E-state index contributed by atoms with van der Waals surface area (Å²) >= 11 is 9.98. The van der Waals surface area contributed by atoms with Crippen LogP contribution in [0.25, 0.3) is 0 Å². The summed E-state index contributed by atoms with van der Waals surface area (Å²) in [6.45, 7) is 9.91. The monoisotopic (exact) mass is 386 g/mol. The lowest BCUT2D eigenvalue weighted by Crippen LogP contribution is -2.36. The molecular weight excluding hydrogens is 359 g/mol. The Bertz CT molecular complexity index is 441. The van der Waals surface area contributed by atoms with Crippen LogP contribution in [-0.2, 0) is 13.6 Å². The highest BCUT2D eigenvalue weighted by Gasteiger charge is 2.31. The van der Waals surface area contributed by atoms with Crippen molar-refractivity contribution in [3.05, 3.63) is 0 Å². The molecule has 0 rings (SSSR count). The van der Waals surface area contributed by atoms with Crippen LogP contribution in [0, 0.1) is 10.8 Å². The SMILES string of the molecule is CC(C)(C)C(O)C(=S)COP(=O)(O)OCC(=S)C(O)C(C)(C)C. The van der Waals surface area contributed by atoms with Crippen molar-refractivity contribution in [2.75, 3.05) is 13.2 Å². The molecule has 0 heterocycles. The minimum atomic E-state index is -4.38. The van der Waals surface area contributed by atoms with E-state index in [1.165, 1.54) is 0 Å². The number of aliphatic hydroxyl groups is 2. The van der Waals surface area contributed by atoms with E-state index < -0.39 is 44.1 Å². The third kappa shape index (κ3) is 8.74. The zero-order valence-corrected chi connectivity index (χ0v) is 16.9. The Balaban J connectivity index is 4.49. The number of hydrogen-bond donors (Lipinski definition) is 3. The minimum Gasteiger partial charge on any atom is -0.387 e. The third-order valence-corrected chi connectivity index (χ3v) is 4.58. The third-order valence-electron chi connectivity index (χ3n) is 2.99. The van der Waals surface area contributed by atoms with Gasteiger partial charge in [-0.2, -0.15) is 0 Å². The molecule has 0 saturated carbocycles. The molecule has 2 unspecified atom stereocenters. The van der Waals surface area contributed by atoms with Crippen LogP contribution in [0.1, 0.15) is 41.5 Å². The van der Waals surface area contributed by atoms with Crippen molar-refractivity contribution < 1.29 is 28.7 Å². The Labute approximate surface area is 148 Å². The molecule has 0 amide bonds. The first-order valence-electron chi connectivity index (χ1n) is 7.11. The van der Waals surface area contributed by atoms with Gasteiger partial charge in [0, 0.05) is 9.73 Å². The minimum absolute atomic E-state index is 0.104. The summed E-state index contributed by atoms with van der Waals surface area (Å²) in [5.41, 5.74) is -1.00. The lowest BCUT2D eigenvalue weighted by molar-refractivity contribution is 0.111. The molecule has 0 aromatic rings. The fraction of sp³-hybridized carbons (Fsp3) is 0.857. The Morgan fingerprint density at radius 2 is 1.17 bits per heavy atom. The standard InChI is InChI=1S/C14H27O6PS2/c1-13(2,3)11(15)9(22)7-19-21(17,18)20-8-10(23)12(16)14(4,5)6/h11-12,15-16H,7-8H2,1-6H3,(H,17,18). The van der Waals surface area contributed by atoms with Gasteiger partial charge in [0.15, 0.2) is 0 Å². The first-order valence-corrected chi connectivity index (χ1v) is 9.42. The second kappa shape index (κ2) is 8.54. The second-order valence-corrected chi connectivity index (χ2v) is 9.99. The highest BCUT2D eigenvalue weighted by atomic mass is 32.1. The van der Waals surface area contributed by atoms with Gasteiger partial charge in [-0.1, -0.05) is 66.0 Å². The Morgan fingerprint density at radius 3 is 1.39 bits per heavy atom. The van der Waals surface area contributed by atoms with Gasteiger partial charge in [0.25, 0.3) is 0 Å². The van der Waals surface area contributed by atoms with E-state index in [1.54, 1.807) is 41.5 Å². The molecule has 0 bridgehead atoms. The Morgan fingerprint density at radius 1 is 0.913 bits per heavy atom. The topological polar surface area (TPSA) is 96.2 Å². The van der Waals surface area contributed by atoms with Gasteiger partial charge in [-0.05, 0) is 10.8 Å². The van der Waals surface area contributed by atoms with E-state index in [0.717, 1.165) is 0 Å². The number of aliphatic hydroxyl groups excluding tert-OH is 2. The van der Waals surface area contributed by atoms with Crippen molar-refractivity contribution >= 4 is 42.0 Å². The molecule has 6 nitrogen and oxygen atoms in total. The summed E-state index contributed by atoms with van der Waals surface area (Å²) in [5.74, 6) is 0. The molecule has 0 aromatic heterocycles. The summed E-state index contributed by atoms with van der Waals surface area (Å²) < 4.78 is 21.3. The van der Waals surface area contributed by atoms with E-state index in [-0.39, 0.29) is 9.73 Å². The van der Waals surface area contributed by atoms with Gasteiger partial charge in [0.05, 0.1) is 25.4 Å². The van der Waals surface area contributed by atoms with Gasteiger partial charge in [-0.15, -0.1) is 0 Å². The van der Waals surface area contributed by atoms with Crippen molar-refractivity contribution in [3.63, 3.8) is 0 Å². The van der Waals surface area contributed by atoms with Crippen LogP contribution in [0.2, 0.25) is 0 Å². The van der Waals surface area contributed by atoms with Crippen LogP contribution in [0.15, 0.2) is 0 Å². The van der Waals surface area contributed by atoms with E-state index in [9.17, 15) is 19.7 Å². The number of hydrogen-bond acceptors (Lipinski definition) is 7. The highest BCUT2D eigenvalue weighted by molar-refractivity contribution is 7.80. The number of thiocarbonyl (C=S) groups is 2. The van der Waals surface area contributed by atoms with Crippen molar-refractivity contribution in [2.24, 2.45) is 10.8 Å². The van der Waals surface area contributed by atoms with Crippen LogP contribution >= 0.6 is 32.3 Å². The molecule has 0 fully saturated rings. The van der Waals surface area contributed by atoms with E-state index in [2.05, 4.69) is 0 Å². The van der Waals surface area contributed by atoms with Crippen LogP contribution in [0.5, 0.6) is 0 Å². The van der Waals surface area contributed by atoms with E-state index in [4.69, 9.17) is 33.5 Å². The quantitative estimate of drug-likeness (QED) is 0.433. The van der Waals surface area contributed by atoms with Gasteiger partial charge in [-0.25, -0.2) is 4.57 Å². The van der Waals surface area contributed by atoms with E-state index in [0.29, 0.717) is 0 Å². The second-order valence-electron chi connectivity index (χ2n) is 7.49. The summed E-state index contributed by atoms with van der Waals surface area (Å²) in [4.78, 5) is 9.82. The van der Waals surface area contributed by atoms with E-state index in [1.807, 2.05) is 0 Å². The summed E-state index contributed by atoms with van der Waals surface area (Å²) in [7, 11) is -4.38. The molecule has 0 saturated heterocycles. The normalized spacial score (nSPS) is 18.1. The lowest BCUT2D eigenvalue weighted by atomic mass is 9.87. The summed E-state index contributed by atoms with van der Waals surface area (Å²) in [5, 5.41) is 19.9. The van der Waals surface area contributed by atoms with Crippen molar-refractivity contribution in [1.29, 1.82) is 0 Å². The smallest absolute Gasteiger partial charge is 0.387 e. The molecule has 0 aliphatic carbocycles. The zero-order valence-electron chi connectivity index (χ0n) is 14.4. The largest absolute Gasteiger partial charge is 0.472 e. The molecule has 3 N–H and O–H groups in total. The summed E-state index contributed by atoms with van der Waals surface area (Å²) in [6.07, 6.45) is -1.91. The first-order chi connectivity index (χ1) is 10.1. The molecule has 0 aliphatic rings. The van der Waals surface area contributed by atoms with Gasteiger partial charge in [0.2, 0.25) is 0 Å². The number of rotatable bonds is 8. The lowest BCUT2D eigenvalue weighted by Gasteiger charge is -2.27. The maximum absolute atomic E-state index is 11.8. The molecule has 23 heavy (non-hydrogen) atoms. The number of phosphoric ester groups is 1. The Kier molecular flexibility index (Phi) is 8.62. The van der Waals surface area contributed by atoms with Crippen LogP contribution in [0.3, 0.4) is 0 Å². The van der Waals surface area contributed by atoms with Crippen molar-refractivity contribution in [1.82, 2.24) is 0 Å². The molecule has 0 radical (unpaired) electrons. The van der Waals surface area contributed by atoms with Crippen LogP contribution in [-0.4, -0.2) is 50.3 Å². The first kappa shape index (κ1) is 23.2. The molecule has 0 aliphatic heterocycles. The van der Waals surface area contributed by atoms with Crippen LogP contribution in [0.4, 0.5) is 0 Å². The fourth-order valence-corrected chi connectivity index (χ4v) is 3.13. The fourth-order valence-electron chi connectivity index (χ4n) is 1.45. The maximum atomic E-state index is 11.8. The van der Waals surface area contributed by atoms with Crippen molar-refractivity contribution in [2.45, 2.75) is 53.8 Å². The summed E-state index contributed by atoms with van der Waals surface area (Å²) in [6, 6.07) is 0. The average molecular weight is 386 g/mol. The van der Waals surface area contributed by atoms with E-state index >= 15 is 0 Å². The molecule has 136 valence electrons. The zero-order chi connectivity index (χ0) is 18.6. The molecule has 2 atom stereocenters. The average Bonchev–Trinajstić information content (AvgIpc) is 2.38. The predicted molar refractivity (Wildman–Crippen MR) is 97.8 cm³/mol. The van der Waals surface area contributed by atoms with Gasteiger partial charge in [-0.3, -0.25) is 9.05 Å². The number of phosphoric acid groups is 1. The predicted octanol–water partition coefficient (Wildman–Crippen LogP) is 2.67.